The van der Waals surface area contributed by atoms with Crippen molar-refractivity contribution in [2.75, 3.05) is 0 Å². The lowest BCUT2D eigenvalue weighted by Crippen LogP contribution is -2.06. The number of fused-ring (bicyclic) bond motifs is 2. The monoisotopic (exact) mass is 282 g/mol. The largest absolute Gasteiger partial charge is 0.461 e. The highest BCUT2D eigenvalue weighted by Gasteiger charge is 2.15. The van der Waals surface area contributed by atoms with Crippen LogP contribution in [0.5, 0.6) is 0 Å². The maximum absolute atomic E-state index is 11.8. The summed E-state index contributed by atoms with van der Waals surface area (Å²) in [6.45, 7) is 10.1. The molecule has 1 aliphatic heterocycles. The SMILES string of the molecule is C=C(C)[C@H]1CCC#CC(=O)C/C(C)=C\c2cc(C)c(o2)C1. The highest BCUT2D eigenvalue weighted by atomic mass is 16.3. The van der Waals surface area contributed by atoms with E-state index in [4.69, 9.17) is 4.42 Å². The molecule has 0 spiro atoms. The smallest absolute Gasteiger partial charge is 0.209 e. The van der Waals surface area contributed by atoms with E-state index in [0.717, 1.165) is 47.5 Å². The molecule has 110 valence electrons. The second-order valence-electron chi connectivity index (χ2n) is 5.93. The summed E-state index contributed by atoms with van der Waals surface area (Å²) in [5.74, 6) is 7.88. The molecule has 0 saturated heterocycles. The molecular weight excluding hydrogens is 260 g/mol. The van der Waals surface area contributed by atoms with Crippen molar-refractivity contribution in [2.24, 2.45) is 5.92 Å². The maximum Gasteiger partial charge on any atom is 0.209 e. The average molecular weight is 282 g/mol. The van der Waals surface area contributed by atoms with Gasteiger partial charge >= 0.3 is 0 Å². The molecule has 2 heterocycles. The van der Waals surface area contributed by atoms with Gasteiger partial charge in [-0.15, -0.1) is 0 Å². The van der Waals surface area contributed by atoms with E-state index in [1.807, 2.05) is 26.0 Å². The maximum atomic E-state index is 11.8. The van der Waals surface area contributed by atoms with Gasteiger partial charge in [-0.2, -0.15) is 0 Å². The third-order valence-corrected chi connectivity index (χ3v) is 3.84. The standard InChI is InChI=1S/C19H22O2/c1-13(2)16-7-5-6-8-17(20)9-14(3)10-18-11-15(4)19(12-16)21-18/h10-11,16H,1,5,7,9,12H2,2-4H3/b14-10-/t16-/m0/s1. The summed E-state index contributed by atoms with van der Waals surface area (Å²) >= 11 is 0. The number of Topliss-reactive ketones (excluding diaryl/α,β-unsaturated/α-hetero) is 1. The van der Waals surface area contributed by atoms with Gasteiger partial charge in [-0.05, 0) is 56.7 Å². The lowest BCUT2D eigenvalue weighted by Gasteiger charge is -2.14. The van der Waals surface area contributed by atoms with Crippen LogP contribution in [-0.2, 0) is 11.2 Å². The van der Waals surface area contributed by atoms with Crippen LogP contribution in [0.2, 0.25) is 0 Å². The summed E-state index contributed by atoms with van der Waals surface area (Å²) in [4.78, 5) is 11.8. The van der Waals surface area contributed by atoms with Gasteiger partial charge in [0.1, 0.15) is 11.5 Å². The first-order valence-electron chi connectivity index (χ1n) is 7.39. The second-order valence-corrected chi connectivity index (χ2v) is 5.93. The van der Waals surface area contributed by atoms with Crippen molar-refractivity contribution in [3.8, 4) is 11.8 Å². The number of carbonyl (C=O) groups excluding carboxylic acids is 1. The number of hydrogen-bond acceptors (Lipinski definition) is 2. The molecule has 2 nitrogen and oxygen atoms in total. The van der Waals surface area contributed by atoms with E-state index < -0.39 is 0 Å². The summed E-state index contributed by atoms with van der Waals surface area (Å²) in [5, 5.41) is 0. The Morgan fingerprint density at radius 2 is 2.19 bits per heavy atom. The summed E-state index contributed by atoms with van der Waals surface area (Å²) in [5.41, 5.74) is 3.28. The van der Waals surface area contributed by atoms with E-state index >= 15 is 0 Å². The zero-order valence-electron chi connectivity index (χ0n) is 13.1. The summed E-state index contributed by atoms with van der Waals surface area (Å²) < 4.78 is 5.94. The first-order valence-corrected chi connectivity index (χ1v) is 7.39. The molecule has 21 heavy (non-hydrogen) atoms. The van der Waals surface area contributed by atoms with Crippen LogP contribution in [0.3, 0.4) is 0 Å². The van der Waals surface area contributed by atoms with Gasteiger partial charge in [0.05, 0.1) is 0 Å². The molecule has 1 aliphatic rings. The molecule has 1 atom stereocenters. The molecule has 2 heteroatoms. The van der Waals surface area contributed by atoms with Crippen molar-refractivity contribution in [1.29, 1.82) is 0 Å². The minimum atomic E-state index is -0.0293. The van der Waals surface area contributed by atoms with Gasteiger partial charge in [0.25, 0.3) is 0 Å². The van der Waals surface area contributed by atoms with Crippen LogP contribution in [0.15, 0.2) is 28.2 Å². The number of rotatable bonds is 1. The van der Waals surface area contributed by atoms with Crippen molar-refractivity contribution < 1.29 is 9.21 Å². The summed E-state index contributed by atoms with van der Waals surface area (Å²) in [6, 6.07) is 2.04. The molecule has 0 aliphatic carbocycles. The Morgan fingerprint density at radius 1 is 1.43 bits per heavy atom. The van der Waals surface area contributed by atoms with E-state index in [1.165, 1.54) is 0 Å². The second kappa shape index (κ2) is 6.63. The first-order chi connectivity index (χ1) is 9.95. The third kappa shape index (κ3) is 4.23. The first kappa shape index (κ1) is 15.4. The molecule has 2 bridgehead atoms. The third-order valence-electron chi connectivity index (χ3n) is 3.84. The molecule has 0 saturated carbocycles. The number of furan rings is 1. The fourth-order valence-corrected chi connectivity index (χ4v) is 2.57. The van der Waals surface area contributed by atoms with Gasteiger partial charge in [-0.1, -0.05) is 23.6 Å². The minimum Gasteiger partial charge on any atom is -0.461 e. The fourth-order valence-electron chi connectivity index (χ4n) is 2.57. The normalized spacial score (nSPS) is 22.0. The van der Waals surface area contributed by atoms with Gasteiger partial charge in [0, 0.05) is 19.3 Å². The highest BCUT2D eigenvalue weighted by Crippen LogP contribution is 2.26. The Bertz CT molecular complexity index is 647. The van der Waals surface area contributed by atoms with Crippen LogP contribution < -0.4 is 0 Å². The quantitative estimate of drug-likeness (QED) is 0.432. The highest BCUT2D eigenvalue weighted by molar-refractivity contribution is 5.97. The molecule has 1 aromatic rings. The molecule has 0 fully saturated rings. The van der Waals surface area contributed by atoms with E-state index in [-0.39, 0.29) is 5.78 Å². The lowest BCUT2D eigenvalue weighted by atomic mass is 9.91. The van der Waals surface area contributed by atoms with Gasteiger partial charge in [0.15, 0.2) is 0 Å². The zero-order valence-corrected chi connectivity index (χ0v) is 13.1. The fraction of sp³-hybridized carbons (Fsp3) is 0.421. The molecule has 1 aromatic heterocycles. The number of hydrogen-bond donors (Lipinski definition) is 0. The van der Waals surface area contributed by atoms with E-state index in [2.05, 4.69) is 25.3 Å². The van der Waals surface area contributed by atoms with Crippen LogP contribution in [-0.4, -0.2) is 5.78 Å². The van der Waals surface area contributed by atoms with Gasteiger partial charge < -0.3 is 4.42 Å². The minimum absolute atomic E-state index is 0.0293. The van der Waals surface area contributed by atoms with Crippen LogP contribution in [0.4, 0.5) is 0 Å². The molecule has 0 aromatic carbocycles. The predicted molar refractivity (Wildman–Crippen MR) is 85.7 cm³/mol. The van der Waals surface area contributed by atoms with E-state index in [9.17, 15) is 4.79 Å². The Morgan fingerprint density at radius 3 is 2.90 bits per heavy atom. The molecular formula is C19H22O2. The van der Waals surface area contributed by atoms with Crippen LogP contribution in [0.1, 0.15) is 50.2 Å². The number of allylic oxidation sites excluding steroid dienone is 2. The predicted octanol–water partition coefficient (Wildman–Crippen LogP) is 4.48. The number of aryl methyl sites for hydroxylation is 1. The van der Waals surface area contributed by atoms with Crippen molar-refractivity contribution in [3.63, 3.8) is 0 Å². The Kier molecular flexibility index (Phi) is 4.85. The van der Waals surface area contributed by atoms with Crippen molar-refractivity contribution >= 4 is 11.9 Å². The number of carbonyl (C=O) groups is 1. The topological polar surface area (TPSA) is 30.2 Å². The van der Waals surface area contributed by atoms with Crippen molar-refractivity contribution in [3.05, 3.63) is 40.9 Å². The Labute approximate surface area is 126 Å². The van der Waals surface area contributed by atoms with E-state index in [1.54, 1.807) is 0 Å². The molecule has 0 N–H and O–H groups in total. The summed E-state index contributed by atoms with van der Waals surface area (Å²) in [6.07, 6.45) is 4.79. The molecule has 0 amide bonds. The van der Waals surface area contributed by atoms with Crippen LogP contribution in [0.25, 0.3) is 6.08 Å². The summed E-state index contributed by atoms with van der Waals surface area (Å²) in [7, 11) is 0. The average Bonchev–Trinajstić information content (AvgIpc) is 2.72. The van der Waals surface area contributed by atoms with Crippen molar-refractivity contribution in [1.82, 2.24) is 0 Å². The van der Waals surface area contributed by atoms with Crippen LogP contribution >= 0.6 is 0 Å². The Balaban J connectivity index is 2.36. The Hall–Kier alpha value is -2.01. The number of ketones is 1. The molecule has 2 rings (SSSR count). The van der Waals surface area contributed by atoms with Crippen molar-refractivity contribution in [2.45, 2.75) is 46.5 Å². The van der Waals surface area contributed by atoms with E-state index in [0.29, 0.717) is 12.3 Å². The van der Waals surface area contributed by atoms with Crippen LogP contribution in [0, 0.1) is 24.7 Å². The van der Waals surface area contributed by atoms with Gasteiger partial charge in [-0.25, -0.2) is 0 Å². The van der Waals surface area contributed by atoms with Gasteiger partial charge in [-0.3, -0.25) is 4.79 Å². The lowest BCUT2D eigenvalue weighted by molar-refractivity contribution is -0.113. The zero-order chi connectivity index (χ0) is 15.4. The molecule has 0 radical (unpaired) electrons. The van der Waals surface area contributed by atoms with Gasteiger partial charge in [0.2, 0.25) is 5.78 Å². The molecule has 0 unspecified atom stereocenters.